The number of rotatable bonds is 3. The van der Waals surface area contributed by atoms with E-state index in [-0.39, 0.29) is 18.4 Å². The van der Waals surface area contributed by atoms with E-state index in [0.29, 0.717) is 12.8 Å². The van der Waals surface area contributed by atoms with E-state index >= 15 is 0 Å². The van der Waals surface area contributed by atoms with Gasteiger partial charge in [-0.1, -0.05) is 0 Å². The molecule has 2 amide bonds. The van der Waals surface area contributed by atoms with Crippen LogP contribution < -0.4 is 5.73 Å². The highest BCUT2D eigenvalue weighted by atomic mass is 16.5. The molecule has 6 heteroatoms. The van der Waals surface area contributed by atoms with Crippen LogP contribution in [0.3, 0.4) is 0 Å². The number of fused-ring (bicyclic) bond motifs is 2. The molecule has 2 bridgehead atoms. The number of ether oxygens (including phenoxy) is 1. The van der Waals surface area contributed by atoms with Crippen LogP contribution in [0.15, 0.2) is 0 Å². The van der Waals surface area contributed by atoms with Crippen molar-refractivity contribution in [2.75, 3.05) is 6.54 Å². The largest absolute Gasteiger partial charge is 0.392 e. The maximum absolute atomic E-state index is 11.8. The minimum absolute atomic E-state index is 0.0612. The Kier molecular flexibility index (Phi) is 2.96. The third kappa shape index (κ3) is 1.83. The number of morpholine rings is 1. The van der Waals surface area contributed by atoms with Crippen molar-refractivity contribution < 1.29 is 19.4 Å². The van der Waals surface area contributed by atoms with Crippen LogP contribution in [0.2, 0.25) is 0 Å². The van der Waals surface area contributed by atoms with Crippen LogP contribution in [-0.4, -0.2) is 52.7 Å². The van der Waals surface area contributed by atoms with Crippen LogP contribution in [0.25, 0.3) is 0 Å². The molecule has 2 rings (SSSR count). The zero-order valence-electron chi connectivity index (χ0n) is 9.13. The third-order valence-electron chi connectivity index (χ3n) is 3.12. The number of aliphatic hydroxyl groups excluding tert-OH is 1. The average molecular weight is 228 g/mol. The molecule has 6 nitrogen and oxygen atoms in total. The minimum Gasteiger partial charge on any atom is -0.392 e. The molecule has 4 unspecified atom stereocenters. The molecule has 2 aliphatic rings. The fourth-order valence-corrected chi connectivity index (χ4v) is 2.00. The molecule has 3 N–H and O–H groups in total. The Bertz CT molecular complexity index is 296. The fraction of sp³-hybridized carbons (Fsp3) is 0.800. The number of nitrogens with two attached hydrogens (primary N) is 1. The zero-order chi connectivity index (χ0) is 11.9. The van der Waals surface area contributed by atoms with E-state index in [2.05, 4.69) is 0 Å². The molecule has 0 aliphatic carbocycles. The number of imide groups is 1. The maximum atomic E-state index is 11.8. The van der Waals surface area contributed by atoms with Crippen molar-refractivity contribution in [3.8, 4) is 0 Å². The van der Waals surface area contributed by atoms with Gasteiger partial charge in [-0.25, -0.2) is 0 Å². The van der Waals surface area contributed by atoms with E-state index < -0.39 is 24.4 Å². The van der Waals surface area contributed by atoms with E-state index in [0.717, 1.165) is 4.90 Å². The highest BCUT2D eigenvalue weighted by Gasteiger charge is 2.46. The standard InChI is InChI=1S/C10H16N2O4/c1-5(13)6(11)4-12-9(14)7-2-3-8(16-7)10(12)15/h5-8,13H,2-4,11H2,1H3. The van der Waals surface area contributed by atoms with Crippen molar-refractivity contribution in [3.63, 3.8) is 0 Å². The molecule has 0 radical (unpaired) electrons. The van der Waals surface area contributed by atoms with Gasteiger partial charge in [-0.15, -0.1) is 0 Å². The lowest BCUT2D eigenvalue weighted by atomic mass is 10.1. The Balaban J connectivity index is 2.08. The summed E-state index contributed by atoms with van der Waals surface area (Å²) in [5.41, 5.74) is 5.65. The van der Waals surface area contributed by atoms with Gasteiger partial charge in [0, 0.05) is 12.6 Å². The van der Waals surface area contributed by atoms with Gasteiger partial charge in [-0.05, 0) is 19.8 Å². The van der Waals surface area contributed by atoms with Crippen LogP contribution in [-0.2, 0) is 14.3 Å². The summed E-state index contributed by atoms with van der Waals surface area (Å²) < 4.78 is 5.25. The number of aliphatic hydroxyl groups is 1. The first-order valence-electron chi connectivity index (χ1n) is 5.45. The molecule has 16 heavy (non-hydrogen) atoms. The van der Waals surface area contributed by atoms with Gasteiger partial charge in [0.25, 0.3) is 11.8 Å². The first-order chi connectivity index (χ1) is 7.50. The van der Waals surface area contributed by atoms with Gasteiger partial charge in [0.15, 0.2) is 0 Å². The van der Waals surface area contributed by atoms with Crippen molar-refractivity contribution in [1.82, 2.24) is 4.90 Å². The predicted molar refractivity (Wildman–Crippen MR) is 54.3 cm³/mol. The SMILES string of the molecule is CC(O)C(N)CN1C(=O)C2CCC(O2)C1=O. The average Bonchev–Trinajstić information content (AvgIpc) is 2.68. The Morgan fingerprint density at radius 2 is 1.94 bits per heavy atom. The summed E-state index contributed by atoms with van der Waals surface area (Å²) in [5, 5.41) is 9.27. The third-order valence-corrected chi connectivity index (χ3v) is 3.12. The van der Waals surface area contributed by atoms with Crippen molar-refractivity contribution in [2.45, 2.75) is 44.1 Å². The number of hydrogen-bond acceptors (Lipinski definition) is 5. The van der Waals surface area contributed by atoms with Gasteiger partial charge in [-0.3, -0.25) is 14.5 Å². The predicted octanol–water partition coefficient (Wildman–Crippen LogP) is -1.39. The highest BCUT2D eigenvalue weighted by molar-refractivity contribution is 6.02. The molecule has 2 aliphatic heterocycles. The molecule has 90 valence electrons. The number of carbonyl (C=O) groups is 2. The molecular weight excluding hydrogens is 212 g/mol. The van der Waals surface area contributed by atoms with E-state index in [1.54, 1.807) is 0 Å². The second-order valence-corrected chi connectivity index (χ2v) is 4.38. The minimum atomic E-state index is -0.749. The molecule has 0 aromatic carbocycles. The van der Waals surface area contributed by atoms with Gasteiger partial charge in [0.05, 0.1) is 6.10 Å². The smallest absolute Gasteiger partial charge is 0.258 e. The first kappa shape index (κ1) is 11.5. The van der Waals surface area contributed by atoms with Crippen molar-refractivity contribution in [3.05, 3.63) is 0 Å². The summed E-state index contributed by atoms with van der Waals surface area (Å²) in [6.07, 6.45) is -0.556. The Morgan fingerprint density at radius 3 is 2.38 bits per heavy atom. The summed E-state index contributed by atoms with van der Waals surface area (Å²) in [7, 11) is 0. The summed E-state index contributed by atoms with van der Waals surface area (Å²) in [4.78, 5) is 24.7. The van der Waals surface area contributed by atoms with Gasteiger partial charge in [0.2, 0.25) is 0 Å². The molecular formula is C10H16N2O4. The maximum Gasteiger partial charge on any atom is 0.258 e. The Morgan fingerprint density at radius 1 is 1.44 bits per heavy atom. The Labute approximate surface area is 93.3 Å². The molecule has 2 heterocycles. The lowest BCUT2D eigenvalue weighted by Crippen LogP contribution is -2.56. The molecule has 0 saturated carbocycles. The summed E-state index contributed by atoms with van der Waals surface area (Å²) in [6.45, 7) is 1.60. The van der Waals surface area contributed by atoms with Gasteiger partial charge in [0.1, 0.15) is 12.2 Å². The molecule has 0 aromatic heterocycles. The lowest BCUT2D eigenvalue weighted by molar-refractivity contribution is -0.169. The summed E-state index contributed by atoms with van der Waals surface area (Å²) in [6, 6.07) is -0.606. The zero-order valence-corrected chi connectivity index (χ0v) is 9.13. The fourth-order valence-electron chi connectivity index (χ4n) is 2.00. The van der Waals surface area contributed by atoms with E-state index in [9.17, 15) is 14.7 Å². The van der Waals surface area contributed by atoms with Gasteiger partial charge < -0.3 is 15.6 Å². The number of likely N-dealkylation sites (tertiary alicyclic amines) is 1. The normalized spacial score (nSPS) is 33.1. The van der Waals surface area contributed by atoms with Gasteiger partial charge in [-0.2, -0.15) is 0 Å². The van der Waals surface area contributed by atoms with Crippen LogP contribution in [0, 0.1) is 0 Å². The highest BCUT2D eigenvalue weighted by Crippen LogP contribution is 2.28. The van der Waals surface area contributed by atoms with Crippen molar-refractivity contribution in [1.29, 1.82) is 0 Å². The molecule has 4 atom stereocenters. The molecule has 2 saturated heterocycles. The number of carbonyl (C=O) groups excluding carboxylic acids is 2. The van der Waals surface area contributed by atoms with Crippen LogP contribution in [0.1, 0.15) is 19.8 Å². The lowest BCUT2D eigenvalue weighted by Gasteiger charge is -2.32. The number of amides is 2. The quantitative estimate of drug-likeness (QED) is 0.580. The van der Waals surface area contributed by atoms with E-state index in [4.69, 9.17) is 10.5 Å². The van der Waals surface area contributed by atoms with Crippen LogP contribution in [0.4, 0.5) is 0 Å². The van der Waals surface area contributed by atoms with Crippen molar-refractivity contribution >= 4 is 11.8 Å². The molecule has 2 fully saturated rings. The summed E-state index contributed by atoms with van der Waals surface area (Å²) >= 11 is 0. The molecule has 0 spiro atoms. The molecule has 0 aromatic rings. The second-order valence-electron chi connectivity index (χ2n) is 4.38. The topological polar surface area (TPSA) is 92.9 Å². The Hall–Kier alpha value is -0.980. The second kappa shape index (κ2) is 4.12. The first-order valence-corrected chi connectivity index (χ1v) is 5.45. The number of hydrogen-bond donors (Lipinski definition) is 2. The van der Waals surface area contributed by atoms with E-state index in [1.165, 1.54) is 6.92 Å². The van der Waals surface area contributed by atoms with Crippen LogP contribution >= 0.6 is 0 Å². The van der Waals surface area contributed by atoms with Gasteiger partial charge >= 0.3 is 0 Å². The number of nitrogens with zero attached hydrogens (tertiary/aromatic N) is 1. The van der Waals surface area contributed by atoms with Crippen molar-refractivity contribution in [2.24, 2.45) is 5.73 Å². The summed E-state index contributed by atoms with van der Waals surface area (Å²) in [5.74, 6) is -0.648. The monoisotopic (exact) mass is 228 g/mol. The van der Waals surface area contributed by atoms with E-state index in [1.807, 2.05) is 0 Å². The van der Waals surface area contributed by atoms with Crippen LogP contribution in [0.5, 0.6) is 0 Å².